The molecule has 10 rings (SSSR count). The van der Waals surface area contributed by atoms with E-state index in [4.69, 9.17) is 0 Å². The van der Waals surface area contributed by atoms with Crippen LogP contribution in [0.25, 0.3) is 83.5 Å². The zero-order valence-corrected chi connectivity index (χ0v) is 28.6. The first kappa shape index (κ1) is 29.5. The molecular formula is C49H36N2. The van der Waals surface area contributed by atoms with Gasteiger partial charge in [-0.05, 0) is 96.1 Å². The minimum Gasteiger partial charge on any atom is -0.312 e. The fourth-order valence-corrected chi connectivity index (χ4v) is 8.31. The van der Waals surface area contributed by atoms with Gasteiger partial charge < -0.3 is 9.13 Å². The quantitative estimate of drug-likeness (QED) is 0.175. The van der Waals surface area contributed by atoms with Gasteiger partial charge in [-0.25, -0.2) is 0 Å². The Morgan fingerprint density at radius 3 is 1.67 bits per heavy atom. The highest BCUT2D eigenvalue weighted by Crippen LogP contribution is 2.41. The maximum absolute atomic E-state index is 2.53. The molecule has 2 heterocycles. The molecule has 0 amide bonds. The molecule has 0 saturated carbocycles. The largest absolute Gasteiger partial charge is 0.312 e. The number of hydrogen-bond acceptors (Lipinski definition) is 0. The maximum Gasteiger partial charge on any atom is 0.0541 e. The number of allylic oxidation sites excluding steroid dienone is 1. The van der Waals surface area contributed by atoms with Crippen molar-refractivity contribution in [1.82, 2.24) is 9.13 Å². The number of rotatable bonds is 5. The lowest BCUT2D eigenvalue weighted by Crippen LogP contribution is -2.05. The first-order valence-electron chi connectivity index (χ1n) is 17.9. The molecule has 0 fully saturated rings. The number of aromatic nitrogens is 2. The van der Waals surface area contributed by atoms with Gasteiger partial charge >= 0.3 is 0 Å². The molecule has 9 aromatic rings. The molecule has 1 aliphatic rings. The van der Waals surface area contributed by atoms with Crippen LogP contribution in [0.1, 0.15) is 23.2 Å². The van der Waals surface area contributed by atoms with Crippen LogP contribution < -0.4 is 0 Å². The summed E-state index contributed by atoms with van der Waals surface area (Å²) in [7, 11) is 0. The second-order valence-electron chi connectivity index (χ2n) is 13.8. The maximum atomic E-state index is 2.53. The molecule has 242 valence electrons. The van der Waals surface area contributed by atoms with Crippen LogP contribution in [0, 0.1) is 6.92 Å². The summed E-state index contributed by atoms with van der Waals surface area (Å²) in [4.78, 5) is 0. The summed E-state index contributed by atoms with van der Waals surface area (Å²) >= 11 is 0. The molecule has 1 aliphatic carbocycles. The number of benzene rings is 7. The zero-order chi connectivity index (χ0) is 33.9. The summed E-state index contributed by atoms with van der Waals surface area (Å²) in [5, 5.41) is 3.85. The molecule has 0 aliphatic heterocycles. The SMILES string of the molecule is Cc1cccc(-c2cccc(-c3cccc(-c4cc(-n5c6ccccc6c6ccccc65)ccc4-n4c5c(c6ccccc64)C=CCC5)c3)c2)c1. The van der Waals surface area contributed by atoms with E-state index in [-0.39, 0.29) is 0 Å². The number of aryl methyl sites for hydroxylation is 1. The molecule has 0 bridgehead atoms. The van der Waals surface area contributed by atoms with Crippen molar-refractivity contribution in [2.24, 2.45) is 0 Å². The smallest absolute Gasteiger partial charge is 0.0541 e. The molecule has 7 aromatic carbocycles. The van der Waals surface area contributed by atoms with Gasteiger partial charge in [0.2, 0.25) is 0 Å². The van der Waals surface area contributed by atoms with Gasteiger partial charge in [0.25, 0.3) is 0 Å². The average molecular weight is 653 g/mol. The molecule has 0 unspecified atom stereocenters. The van der Waals surface area contributed by atoms with Gasteiger partial charge in [0.15, 0.2) is 0 Å². The van der Waals surface area contributed by atoms with Gasteiger partial charge in [-0.2, -0.15) is 0 Å². The van der Waals surface area contributed by atoms with Crippen LogP contribution in [0.5, 0.6) is 0 Å². The molecule has 0 radical (unpaired) electrons. The lowest BCUT2D eigenvalue weighted by molar-refractivity contribution is 0.889. The second kappa shape index (κ2) is 11.9. The highest BCUT2D eigenvalue weighted by atomic mass is 15.0. The molecule has 51 heavy (non-hydrogen) atoms. The highest BCUT2D eigenvalue weighted by molar-refractivity contribution is 6.09. The number of nitrogens with zero attached hydrogens (tertiary/aromatic N) is 2. The number of para-hydroxylation sites is 3. The minimum atomic E-state index is 1.01. The van der Waals surface area contributed by atoms with E-state index >= 15 is 0 Å². The van der Waals surface area contributed by atoms with E-state index in [1.165, 1.54) is 88.6 Å². The number of hydrogen-bond donors (Lipinski definition) is 0. The molecular weight excluding hydrogens is 617 g/mol. The second-order valence-corrected chi connectivity index (χ2v) is 13.8. The number of fused-ring (bicyclic) bond motifs is 6. The van der Waals surface area contributed by atoms with E-state index < -0.39 is 0 Å². The Kier molecular flexibility index (Phi) is 6.89. The molecule has 0 saturated heterocycles. The summed E-state index contributed by atoms with van der Waals surface area (Å²) in [5.74, 6) is 0. The van der Waals surface area contributed by atoms with Gasteiger partial charge in [0.1, 0.15) is 0 Å². The van der Waals surface area contributed by atoms with Crippen LogP contribution in [-0.2, 0) is 6.42 Å². The van der Waals surface area contributed by atoms with E-state index in [1.54, 1.807) is 0 Å². The molecule has 2 heteroatoms. The van der Waals surface area contributed by atoms with E-state index in [9.17, 15) is 0 Å². The predicted octanol–water partition coefficient (Wildman–Crippen LogP) is 13.0. The normalized spacial score (nSPS) is 12.6. The van der Waals surface area contributed by atoms with E-state index in [0.717, 1.165) is 18.5 Å². The molecule has 2 nitrogen and oxygen atoms in total. The zero-order valence-electron chi connectivity index (χ0n) is 28.6. The van der Waals surface area contributed by atoms with Crippen molar-refractivity contribution < 1.29 is 0 Å². The molecule has 0 N–H and O–H groups in total. The summed E-state index contributed by atoms with van der Waals surface area (Å²) in [5.41, 5.74) is 17.3. The van der Waals surface area contributed by atoms with Gasteiger partial charge in [0.05, 0.1) is 22.2 Å². The van der Waals surface area contributed by atoms with Crippen LogP contribution in [0.15, 0.2) is 170 Å². The Balaban J connectivity index is 1.22. The molecule has 2 aromatic heterocycles. The Labute approximate surface area is 298 Å². The summed E-state index contributed by atoms with van der Waals surface area (Å²) < 4.78 is 4.96. The Morgan fingerprint density at radius 2 is 1.00 bits per heavy atom. The van der Waals surface area contributed by atoms with Crippen molar-refractivity contribution in [2.75, 3.05) is 0 Å². The van der Waals surface area contributed by atoms with E-state index in [2.05, 4.69) is 192 Å². The Hall–Kier alpha value is -6.38. The van der Waals surface area contributed by atoms with Crippen molar-refractivity contribution in [3.63, 3.8) is 0 Å². The van der Waals surface area contributed by atoms with Crippen LogP contribution in [-0.4, -0.2) is 9.13 Å². The van der Waals surface area contributed by atoms with Crippen molar-refractivity contribution in [3.05, 3.63) is 187 Å². The predicted molar refractivity (Wildman–Crippen MR) is 216 cm³/mol. The summed E-state index contributed by atoms with van der Waals surface area (Å²) in [6.45, 7) is 2.16. The fourth-order valence-electron chi connectivity index (χ4n) is 8.31. The minimum absolute atomic E-state index is 1.01. The lowest BCUT2D eigenvalue weighted by Gasteiger charge is -2.20. The average Bonchev–Trinajstić information content (AvgIpc) is 3.71. The summed E-state index contributed by atoms with van der Waals surface area (Å²) in [6, 6.07) is 60.3. The van der Waals surface area contributed by atoms with Crippen molar-refractivity contribution in [1.29, 1.82) is 0 Å². The third-order valence-corrected chi connectivity index (χ3v) is 10.6. The third kappa shape index (κ3) is 4.87. The fraction of sp³-hybridized carbons (Fsp3) is 0.0612. The summed E-state index contributed by atoms with van der Waals surface area (Å²) in [6.07, 6.45) is 6.70. The monoisotopic (exact) mass is 652 g/mol. The first-order chi connectivity index (χ1) is 25.2. The van der Waals surface area contributed by atoms with Gasteiger partial charge in [-0.3, -0.25) is 0 Å². The van der Waals surface area contributed by atoms with Gasteiger partial charge in [-0.1, -0.05) is 133 Å². The Morgan fingerprint density at radius 1 is 0.451 bits per heavy atom. The van der Waals surface area contributed by atoms with Gasteiger partial charge in [0, 0.05) is 38.7 Å². The van der Waals surface area contributed by atoms with Crippen LogP contribution in [0.2, 0.25) is 0 Å². The van der Waals surface area contributed by atoms with E-state index in [1.807, 2.05) is 0 Å². The highest BCUT2D eigenvalue weighted by Gasteiger charge is 2.22. The van der Waals surface area contributed by atoms with Gasteiger partial charge in [-0.15, -0.1) is 0 Å². The van der Waals surface area contributed by atoms with Crippen LogP contribution >= 0.6 is 0 Å². The molecule has 0 spiro atoms. The third-order valence-electron chi connectivity index (χ3n) is 10.6. The van der Waals surface area contributed by atoms with Crippen molar-refractivity contribution in [3.8, 4) is 44.8 Å². The molecule has 0 atom stereocenters. The van der Waals surface area contributed by atoms with E-state index in [0.29, 0.717) is 0 Å². The standard InChI is InChI=1S/C49H36N2/c1-33-13-10-14-34(29-33)35-15-11-16-36(30-35)37-17-12-18-38(31-37)44-32-39(50-45-23-6-2-19-40(45)41-20-3-7-24-46(41)50)27-28-49(44)51-47-25-8-4-21-42(47)43-22-5-9-26-48(43)51/h2-8,10-25,27-32H,9,26H2,1H3. The Bertz CT molecular complexity index is 2770. The van der Waals surface area contributed by atoms with Crippen LogP contribution in [0.3, 0.4) is 0 Å². The van der Waals surface area contributed by atoms with Crippen molar-refractivity contribution >= 4 is 38.8 Å². The van der Waals surface area contributed by atoms with Crippen molar-refractivity contribution in [2.45, 2.75) is 19.8 Å². The first-order valence-corrected chi connectivity index (χ1v) is 17.9. The van der Waals surface area contributed by atoms with Crippen LogP contribution in [0.4, 0.5) is 0 Å². The lowest BCUT2D eigenvalue weighted by atomic mass is 9.95. The topological polar surface area (TPSA) is 9.86 Å².